The number of hydrogen-bond donors (Lipinski definition) is 2. The molecule has 6 heteroatoms. The van der Waals surface area contributed by atoms with Gasteiger partial charge in [0.05, 0.1) is 5.69 Å². The van der Waals surface area contributed by atoms with Crippen molar-refractivity contribution in [2.24, 2.45) is 0 Å². The number of hydrogen-bond acceptors (Lipinski definition) is 4. The number of halogens is 1. The van der Waals surface area contributed by atoms with Crippen LogP contribution >= 0.6 is 12.4 Å². The summed E-state index contributed by atoms with van der Waals surface area (Å²) in [7, 11) is 1.82. The monoisotopic (exact) mass is 309 g/mol. The van der Waals surface area contributed by atoms with E-state index in [-0.39, 0.29) is 18.3 Å². The molecule has 0 aliphatic rings. The van der Waals surface area contributed by atoms with Gasteiger partial charge < -0.3 is 15.1 Å². The van der Waals surface area contributed by atoms with Crippen molar-refractivity contribution in [1.29, 1.82) is 0 Å². The molecule has 2 aromatic rings. The molecule has 0 aliphatic carbocycles. The predicted molar refractivity (Wildman–Crippen MR) is 85.8 cm³/mol. The normalized spacial score (nSPS) is 10.0. The Kier molecular flexibility index (Phi) is 6.39. The molecule has 2 rings (SSSR count). The topological polar surface area (TPSA) is 67.2 Å². The molecule has 0 spiro atoms. The molecule has 0 radical (unpaired) electrons. The van der Waals surface area contributed by atoms with Crippen LogP contribution in [0.25, 0.3) is 11.5 Å². The van der Waals surface area contributed by atoms with E-state index in [0.717, 1.165) is 22.7 Å². The summed E-state index contributed by atoms with van der Waals surface area (Å²) >= 11 is 0. The number of aromatic nitrogens is 1. The number of anilines is 1. The molecular formula is C15H20ClN3O2. The van der Waals surface area contributed by atoms with Crippen LogP contribution in [-0.2, 0) is 4.79 Å². The van der Waals surface area contributed by atoms with Gasteiger partial charge in [-0.05, 0) is 39.1 Å². The third kappa shape index (κ3) is 4.58. The maximum atomic E-state index is 11.7. The van der Waals surface area contributed by atoms with Gasteiger partial charge in [-0.15, -0.1) is 12.4 Å². The summed E-state index contributed by atoms with van der Waals surface area (Å²) in [5, 5.41) is 5.80. The van der Waals surface area contributed by atoms with Gasteiger partial charge >= 0.3 is 0 Å². The number of amides is 1. The van der Waals surface area contributed by atoms with Crippen molar-refractivity contribution in [2.75, 3.05) is 18.9 Å². The van der Waals surface area contributed by atoms with Crippen molar-refractivity contribution >= 4 is 24.0 Å². The zero-order valence-corrected chi connectivity index (χ0v) is 13.2. The molecule has 21 heavy (non-hydrogen) atoms. The third-order valence-electron chi connectivity index (χ3n) is 3.02. The summed E-state index contributed by atoms with van der Waals surface area (Å²) in [6.07, 6.45) is 0.442. The van der Waals surface area contributed by atoms with Crippen LogP contribution in [0.15, 0.2) is 28.7 Å². The van der Waals surface area contributed by atoms with E-state index in [0.29, 0.717) is 18.9 Å². The zero-order valence-electron chi connectivity index (χ0n) is 12.4. The van der Waals surface area contributed by atoms with E-state index in [4.69, 9.17) is 4.42 Å². The minimum absolute atomic E-state index is 0. The summed E-state index contributed by atoms with van der Waals surface area (Å²) in [4.78, 5) is 16.0. The summed E-state index contributed by atoms with van der Waals surface area (Å²) < 4.78 is 5.59. The third-order valence-corrected chi connectivity index (χ3v) is 3.02. The van der Waals surface area contributed by atoms with Gasteiger partial charge in [0.1, 0.15) is 5.76 Å². The number of oxazole rings is 1. The zero-order chi connectivity index (χ0) is 14.5. The largest absolute Gasteiger partial charge is 0.441 e. The van der Waals surface area contributed by atoms with E-state index >= 15 is 0 Å². The molecule has 0 atom stereocenters. The second kappa shape index (κ2) is 7.81. The van der Waals surface area contributed by atoms with Gasteiger partial charge in [0.25, 0.3) is 0 Å². The molecule has 5 nitrogen and oxygen atoms in total. The lowest BCUT2D eigenvalue weighted by Crippen LogP contribution is -2.18. The van der Waals surface area contributed by atoms with Crippen LogP contribution < -0.4 is 10.6 Å². The van der Waals surface area contributed by atoms with Gasteiger partial charge in [-0.25, -0.2) is 4.98 Å². The fourth-order valence-electron chi connectivity index (χ4n) is 1.79. The molecule has 1 aromatic heterocycles. The van der Waals surface area contributed by atoms with Crippen LogP contribution in [0.4, 0.5) is 5.69 Å². The highest BCUT2D eigenvalue weighted by atomic mass is 35.5. The highest BCUT2D eigenvalue weighted by molar-refractivity contribution is 5.91. The smallest absolute Gasteiger partial charge is 0.226 e. The molecule has 114 valence electrons. The fourth-order valence-corrected chi connectivity index (χ4v) is 1.79. The first-order valence-corrected chi connectivity index (χ1v) is 6.59. The lowest BCUT2D eigenvalue weighted by atomic mass is 10.2. The Hall–Kier alpha value is -1.85. The van der Waals surface area contributed by atoms with Crippen LogP contribution in [0.2, 0.25) is 0 Å². The molecule has 1 heterocycles. The van der Waals surface area contributed by atoms with Crippen molar-refractivity contribution in [1.82, 2.24) is 10.3 Å². The maximum Gasteiger partial charge on any atom is 0.226 e. The van der Waals surface area contributed by atoms with Crippen molar-refractivity contribution in [3.63, 3.8) is 0 Å². The summed E-state index contributed by atoms with van der Waals surface area (Å²) in [5.74, 6) is 1.37. The molecule has 0 fully saturated rings. The number of nitrogens with one attached hydrogen (secondary N) is 2. The second-order valence-electron chi connectivity index (χ2n) is 4.64. The Morgan fingerprint density at radius 3 is 2.71 bits per heavy atom. The van der Waals surface area contributed by atoms with Gasteiger partial charge in [-0.2, -0.15) is 0 Å². The number of aryl methyl sites for hydroxylation is 2. The lowest BCUT2D eigenvalue weighted by molar-refractivity contribution is -0.116. The SMILES string of the molecule is CNCCC(=O)Nc1cccc(-c2nc(C)c(C)o2)c1.Cl. The van der Waals surface area contributed by atoms with E-state index in [2.05, 4.69) is 15.6 Å². The molecule has 1 aromatic carbocycles. The summed E-state index contributed by atoms with van der Waals surface area (Å²) in [6, 6.07) is 7.50. The van der Waals surface area contributed by atoms with Crippen molar-refractivity contribution in [3.8, 4) is 11.5 Å². The average molecular weight is 310 g/mol. The van der Waals surface area contributed by atoms with Crippen LogP contribution in [-0.4, -0.2) is 24.5 Å². The highest BCUT2D eigenvalue weighted by Crippen LogP contribution is 2.24. The number of benzene rings is 1. The Bertz CT molecular complexity index is 591. The van der Waals surface area contributed by atoms with E-state index < -0.39 is 0 Å². The molecule has 0 unspecified atom stereocenters. The molecule has 0 saturated carbocycles. The Labute approximate surface area is 130 Å². The minimum atomic E-state index is -0.0173. The van der Waals surface area contributed by atoms with Crippen LogP contribution in [0.3, 0.4) is 0 Å². The maximum absolute atomic E-state index is 11.7. The quantitative estimate of drug-likeness (QED) is 0.891. The molecule has 1 amide bonds. The first-order chi connectivity index (χ1) is 9.60. The highest BCUT2D eigenvalue weighted by Gasteiger charge is 2.09. The van der Waals surface area contributed by atoms with E-state index in [1.807, 2.05) is 45.2 Å². The number of carbonyl (C=O) groups excluding carboxylic acids is 1. The first-order valence-electron chi connectivity index (χ1n) is 6.59. The lowest BCUT2D eigenvalue weighted by Gasteiger charge is -2.06. The molecule has 2 N–H and O–H groups in total. The van der Waals surface area contributed by atoms with Crippen LogP contribution in [0, 0.1) is 13.8 Å². The first kappa shape index (κ1) is 17.2. The Morgan fingerprint density at radius 1 is 1.33 bits per heavy atom. The second-order valence-corrected chi connectivity index (χ2v) is 4.64. The van der Waals surface area contributed by atoms with Crippen molar-refractivity contribution in [2.45, 2.75) is 20.3 Å². The van der Waals surface area contributed by atoms with Gasteiger partial charge in [-0.3, -0.25) is 4.79 Å². The van der Waals surface area contributed by atoms with Crippen LogP contribution in [0.5, 0.6) is 0 Å². The molecule has 0 bridgehead atoms. The van der Waals surface area contributed by atoms with Crippen LogP contribution in [0.1, 0.15) is 17.9 Å². The summed E-state index contributed by atoms with van der Waals surface area (Å²) in [6.45, 7) is 4.45. The van der Waals surface area contributed by atoms with Gasteiger partial charge in [-0.1, -0.05) is 6.07 Å². The fraction of sp³-hybridized carbons (Fsp3) is 0.333. The van der Waals surface area contributed by atoms with Gasteiger partial charge in [0, 0.05) is 24.2 Å². The number of nitrogens with zero attached hydrogens (tertiary/aromatic N) is 1. The predicted octanol–water partition coefficient (Wildman–Crippen LogP) is 2.93. The van der Waals surface area contributed by atoms with E-state index in [9.17, 15) is 4.79 Å². The number of carbonyl (C=O) groups is 1. The Morgan fingerprint density at radius 2 is 2.10 bits per heavy atom. The minimum Gasteiger partial charge on any atom is -0.441 e. The summed E-state index contributed by atoms with van der Waals surface area (Å²) in [5.41, 5.74) is 2.48. The van der Waals surface area contributed by atoms with Gasteiger partial charge in [0.15, 0.2) is 0 Å². The number of rotatable bonds is 5. The molecule has 0 saturated heterocycles. The average Bonchev–Trinajstić information content (AvgIpc) is 2.77. The van der Waals surface area contributed by atoms with Crippen molar-refractivity contribution in [3.05, 3.63) is 35.7 Å². The molecular weight excluding hydrogens is 290 g/mol. The van der Waals surface area contributed by atoms with E-state index in [1.54, 1.807) is 0 Å². The van der Waals surface area contributed by atoms with E-state index in [1.165, 1.54) is 0 Å². The standard InChI is InChI=1S/C15H19N3O2.ClH/c1-10-11(2)20-15(17-10)12-5-4-6-13(9-12)18-14(19)7-8-16-3;/h4-6,9,16H,7-8H2,1-3H3,(H,18,19);1H. The Balaban J connectivity index is 0.00000220. The molecule has 0 aliphatic heterocycles. The van der Waals surface area contributed by atoms with Gasteiger partial charge in [0.2, 0.25) is 11.8 Å². The van der Waals surface area contributed by atoms with Crippen molar-refractivity contribution < 1.29 is 9.21 Å².